The number of pyridine rings is 1. The third-order valence-corrected chi connectivity index (χ3v) is 5.19. The number of rotatable bonds is 3. The van der Waals surface area contributed by atoms with Crippen LogP contribution in [0.25, 0.3) is 0 Å². The van der Waals surface area contributed by atoms with Gasteiger partial charge in [-0.2, -0.15) is 0 Å². The highest BCUT2D eigenvalue weighted by molar-refractivity contribution is 5.94. The zero-order chi connectivity index (χ0) is 16.2. The van der Waals surface area contributed by atoms with Crippen LogP contribution in [0.1, 0.15) is 43.0 Å². The van der Waals surface area contributed by atoms with Crippen molar-refractivity contribution in [2.45, 2.75) is 38.6 Å². The van der Waals surface area contributed by atoms with Gasteiger partial charge in [0.1, 0.15) is 0 Å². The van der Waals surface area contributed by atoms with E-state index in [1.54, 1.807) is 6.20 Å². The highest BCUT2D eigenvalue weighted by atomic mass is 16.2. The van der Waals surface area contributed by atoms with Crippen LogP contribution in [0.4, 0.5) is 5.69 Å². The number of anilines is 1. The maximum Gasteiger partial charge on any atom is 0.255 e. The Labute approximate surface area is 139 Å². The Kier molecular flexibility index (Phi) is 5.16. The molecule has 0 aromatic carbocycles. The predicted octanol–water partition coefficient (Wildman–Crippen LogP) is 2.24. The molecule has 1 amide bonds. The molecule has 2 saturated heterocycles. The standard InChI is InChI=1S/C18H28N4O/c1-3-16-6-4-5-7-22(16)17-12-15(13-19-14-17)18(23)21-10-8-20(2)9-11-21/h12-14,16H,3-11H2,1-2H3. The second kappa shape index (κ2) is 7.30. The fraction of sp³-hybridized carbons (Fsp3) is 0.667. The Hall–Kier alpha value is -1.62. The maximum atomic E-state index is 12.7. The van der Waals surface area contributed by atoms with E-state index in [1.807, 2.05) is 17.2 Å². The van der Waals surface area contributed by atoms with Gasteiger partial charge in [-0.15, -0.1) is 0 Å². The number of carbonyl (C=O) groups is 1. The first-order chi connectivity index (χ1) is 11.2. The summed E-state index contributed by atoms with van der Waals surface area (Å²) in [6, 6.07) is 2.63. The SMILES string of the molecule is CCC1CCCCN1c1cncc(C(=O)N2CCN(C)CC2)c1. The van der Waals surface area contributed by atoms with Crippen LogP contribution in [0.2, 0.25) is 0 Å². The normalized spacial score (nSPS) is 23.1. The first-order valence-electron chi connectivity index (χ1n) is 8.88. The number of hydrogen-bond donors (Lipinski definition) is 0. The molecular weight excluding hydrogens is 288 g/mol. The van der Waals surface area contributed by atoms with E-state index in [4.69, 9.17) is 0 Å². The fourth-order valence-corrected chi connectivity index (χ4v) is 3.66. The number of likely N-dealkylation sites (N-methyl/N-ethyl adjacent to an activating group) is 1. The summed E-state index contributed by atoms with van der Waals surface area (Å²) in [6.07, 6.45) is 8.56. The van der Waals surface area contributed by atoms with Crippen LogP contribution < -0.4 is 4.90 Å². The summed E-state index contributed by atoms with van der Waals surface area (Å²) in [5, 5.41) is 0. The zero-order valence-electron chi connectivity index (χ0n) is 14.4. The van der Waals surface area contributed by atoms with E-state index >= 15 is 0 Å². The molecular formula is C18H28N4O. The molecule has 0 radical (unpaired) electrons. The minimum absolute atomic E-state index is 0.123. The maximum absolute atomic E-state index is 12.7. The molecule has 0 saturated carbocycles. The lowest BCUT2D eigenvalue weighted by Crippen LogP contribution is -2.47. The van der Waals surface area contributed by atoms with Gasteiger partial charge in [0.15, 0.2) is 0 Å². The van der Waals surface area contributed by atoms with E-state index in [0.717, 1.165) is 50.4 Å². The first-order valence-corrected chi connectivity index (χ1v) is 8.88. The van der Waals surface area contributed by atoms with Gasteiger partial charge in [-0.25, -0.2) is 0 Å². The van der Waals surface area contributed by atoms with E-state index in [9.17, 15) is 4.79 Å². The molecule has 0 N–H and O–H groups in total. The lowest BCUT2D eigenvalue weighted by molar-refractivity contribution is 0.0663. The van der Waals surface area contributed by atoms with Crippen molar-refractivity contribution in [1.29, 1.82) is 0 Å². The van der Waals surface area contributed by atoms with Gasteiger partial charge >= 0.3 is 0 Å². The number of aromatic nitrogens is 1. The van der Waals surface area contributed by atoms with Crippen LogP contribution in [-0.4, -0.2) is 66.5 Å². The van der Waals surface area contributed by atoms with E-state index in [0.29, 0.717) is 6.04 Å². The molecule has 0 bridgehead atoms. The Bertz CT molecular complexity index is 540. The van der Waals surface area contributed by atoms with Gasteiger partial charge in [0.2, 0.25) is 0 Å². The zero-order valence-corrected chi connectivity index (χ0v) is 14.4. The number of nitrogens with zero attached hydrogens (tertiary/aromatic N) is 4. The summed E-state index contributed by atoms with van der Waals surface area (Å²) in [5.74, 6) is 0.123. The van der Waals surface area contributed by atoms with Crippen molar-refractivity contribution in [2.24, 2.45) is 0 Å². The van der Waals surface area contributed by atoms with Crippen molar-refractivity contribution in [3.05, 3.63) is 24.0 Å². The van der Waals surface area contributed by atoms with Crippen molar-refractivity contribution in [2.75, 3.05) is 44.7 Å². The van der Waals surface area contributed by atoms with Crippen molar-refractivity contribution in [1.82, 2.24) is 14.8 Å². The summed E-state index contributed by atoms with van der Waals surface area (Å²) in [7, 11) is 2.10. The fourth-order valence-electron chi connectivity index (χ4n) is 3.66. The molecule has 5 nitrogen and oxygen atoms in total. The molecule has 5 heteroatoms. The Morgan fingerprint density at radius 3 is 2.70 bits per heavy atom. The minimum atomic E-state index is 0.123. The van der Waals surface area contributed by atoms with Gasteiger partial charge in [-0.05, 0) is 38.8 Å². The Morgan fingerprint density at radius 1 is 1.17 bits per heavy atom. The lowest BCUT2D eigenvalue weighted by atomic mass is 9.99. The van der Waals surface area contributed by atoms with Crippen LogP contribution in [0.3, 0.4) is 0 Å². The van der Waals surface area contributed by atoms with Crippen molar-refractivity contribution < 1.29 is 4.79 Å². The molecule has 1 aromatic rings. The van der Waals surface area contributed by atoms with Crippen molar-refractivity contribution in [3.63, 3.8) is 0 Å². The molecule has 1 atom stereocenters. The van der Waals surface area contributed by atoms with Gasteiger partial charge in [-0.1, -0.05) is 6.92 Å². The molecule has 126 valence electrons. The molecule has 1 unspecified atom stereocenters. The summed E-state index contributed by atoms with van der Waals surface area (Å²) in [6.45, 7) is 6.83. The first kappa shape index (κ1) is 16.2. The van der Waals surface area contributed by atoms with E-state index < -0.39 is 0 Å². The number of hydrogen-bond acceptors (Lipinski definition) is 4. The molecule has 2 aliphatic heterocycles. The number of amides is 1. The highest BCUT2D eigenvalue weighted by Gasteiger charge is 2.24. The monoisotopic (exact) mass is 316 g/mol. The summed E-state index contributed by atoms with van der Waals surface area (Å²) in [4.78, 5) is 23.8. The number of carbonyl (C=O) groups excluding carboxylic acids is 1. The Morgan fingerprint density at radius 2 is 1.96 bits per heavy atom. The summed E-state index contributed by atoms with van der Waals surface area (Å²) >= 11 is 0. The predicted molar refractivity (Wildman–Crippen MR) is 92.9 cm³/mol. The highest BCUT2D eigenvalue weighted by Crippen LogP contribution is 2.26. The van der Waals surface area contributed by atoms with Gasteiger partial charge in [0.05, 0.1) is 17.4 Å². The molecule has 2 fully saturated rings. The largest absolute Gasteiger partial charge is 0.367 e. The molecule has 3 heterocycles. The number of piperidine rings is 1. The van der Waals surface area contributed by atoms with Crippen LogP contribution in [0, 0.1) is 0 Å². The third-order valence-electron chi connectivity index (χ3n) is 5.19. The quantitative estimate of drug-likeness (QED) is 0.857. The average molecular weight is 316 g/mol. The Balaban J connectivity index is 1.75. The van der Waals surface area contributed by atoms with Crippen LogP contribution in [0.5, 0.6) is 0 Å². The van der Waals surface area contributed by atoms with E-state index in [1.165, 1.54) is 19.3 Å². The summed E-state index contributed by atoms with van der Waals surface area (Å²) in [5.41, 5.74) is 1.84. The van der Waals surface area contributed by atoms with E-state index in [-0.39, 0.29) is 5.91 Å². The van der Waals surface area contributed by atoms with Crippen LogP contribution >= 0.6 is 0 Å². The van der Waals surface area contributed by atoms with Gasteiger partial charge in [0.25, 0.3) is 5.91 Å². The second-order valence-electron chi connectivity index (χ2n) is 6.78. The van der Waals surface area contributed by atoms with Crippen LogP contribution in [0.15, 0.2) is 18.5 Å². The van der Waals surface area contributed by atoms with Gasteiger partial charge < -0.3 is 14.7 Å². The van der Waals surface area contributed by atoms with E-state index in [2.05, 4.69) is 28.8 Å². The molecule has 3 rings (SSSR count). The van der Waals surface area contributed by atoms with Crippen LogP contribution in [-0.2, 0) is 0 Å². The molecule has 0 aliphatic carbocycles. The van der Waals surface area contributed by atoms with Crippen molar-refractivity contribution >= 4 is 11.6 Å². The minimum Gasteiger partial charge on any atom is -0.367 e. The van der Waals surface area contributed by atoms with Crippen molar-refractivity contribution in [3.8, 4) is 0 Å². The second-order valence-corrected chi connectivity index (χ2v) is 6.78. The smallest absolute Gasteiger partial charge is 0.255 e. The average Bonchev–Trinajstić information content (AvgIpc) is 2.62. The van der Waals surface area contributed by atoms with Gasteiger partial charge in [-0.3, -0.25) is 9.78 Å². The topological polar surface area (TPSA) is 39.7 Å². The molecule has 2 aliphatic rings. The molecule has 0 spiro atoms. The van der Waals surface area contributed by atoms with Gasteiger partial charge in [0, 0.05) is 45.0 Å². The number of piperazine rings is 1. The molecule has 1 aromatic heterocycles. The third kappa shape index (κ3) is 3.66. The summed E-state index contributed by atoms with van der Waals surface area (Å²) < 4.78 is 0. The lowest BCUT2D eigenvalue weighted by Gasteiger charge is -2.37. The molecule has 23 heavy (non-hydrogen) atoms.